The molecule has 0 aliphatic carbocycles. The number of thioether (sulfide) groups is 1. The molecule has 1 N–H and O–H groups in total. The Bertz CT molecular complexity index is 1140. The largest absolute Gasteiger partial charge is 0.486 e. The summed E-state index contributed by atoms with van der Waals surface area (Å²) in [6, 6.07) is 15.8. The lowest BCUT2D eigenvalue weighted by atomic mass is 10.2. The summed E-state index contributed by atoms with van der Waals surface area (Å²) in [7, 11) is 0. The number of hydrogen-bond donors (Lipinski definition) is 1. The van der Waals surface area contributed by atoms with Gasteiger partial charge in [0, 0.05) is 43.6 Å². The fourth-order valence-electron chi connectivity index (χ4n) is 3.86. The normalized spacial score (nSPS) is 15.2. The number of nitrogens with one attached hydrogen (secondary N) is 1. The molecule has 1 aromatic heterocycles. The quantitative estimate of drug-likeness (QED) is 0.537. The van der Waals surface area contributed by atoms with E-state index in [-0.39, 0.29) is 17.5 Å². The molecule has 5 rings (SSSR count). The topological polar surface area (TPSA) is 79.8 Å². The van der Waals surface area contributed by atoms with Crippen LogP contribution in [0.2, 0.25) is 0 Å². The van der Waals surface area contributed by atoms with Crippen molar-refractivity contribution in [2.24, 2.45) is 0 Å². The van der Waals surface area contributed by atoms with Crippen molar-refractivity contribution in [2.75, 3.05) is 60.3 Å². The first-order valence-corrected chi connectivity index (χ1v) is 12.0. The molecule has 2 aliphatic rings. The van der Waals surface area contributed by atoms with Gasteiger partial charge in [-0.25, -0.2) is 4.39 Å². The second kappa shape index (κ2) is 10.2. The lowest BCUT2D eigenvalue weighted by Crippen LogP contribution is -2.46. The summed E-state index contributed by atoms with van der Waals surface area (Å²) in [5.74, 6) is 1.99. The van der Waals surface area contributed by atoms with Crippen LogP contribution in [0.3, 0.4) is 0 Å². The predicted molar refractivity (Wildman–Crippen MR) is 130 cm³/mol. The molecule has 3 heterocycles. The van der Waals surface area contributed by atoms with Gasteiger partial charge in [0.05, 0.1) is 5.75 Å². The number of aromatic nitrogens is 2. The van der Waals surface area contributed by atoms with Crippen LogP contribution in [0, 0.1) is 5.82 Å². The number of nitrogens with zero attached hydrogens (tertiary/aromatic N) is 4. The lowest BCUT2D eigenvalue weighted by Gasteiger charge is -2.36. The van der Waals surface area contributed by atoms with Gasteiger partial charge in [0.25, 0.3) is 0 Å². The first-order chi connectivity index (χ1) is 16.6. The van der Waals surface area contributed by atoms with Crippen molar-refractivity contribution >= 4 is 34.9 Å². The molecular weight excluding hydrogens is 457 g/mol. The van der Waals surface area contributed by atoms with Crippen LogP contribution in [0.25, 0.3) is 0 Å². The Morgan fingerprint density at radius 3 is 2.38 bits per heavy atom. The maximum absolute atomic E-state index is 13.1. The van der Waals surface area contributed by atoms with Gasteiger partial charge >= 0.3 is 0 Å². The van der Waals surface area contributed by atoms with E-state index in [9.17, 15) is 9.18 Å². The van der Waals surface area contributed by atoms with E-state index in [0.29, 0.717) is 35.4 Å². The molecule has 10 heteroatoms. The Hall–Kier alpha value is -3.53. The van der Waals surface area contributed by atoms with E-state index in [0.717, 1.165) is 37.7 Å². The summed E-state index contributed by atoms with van der Waals surface area (Å²) < 4.78 is 24.2. The minimum absolute atomic E-state index is 0.135. The smallest absolute Gasteiger partial charge is 0.234 e. The Kier molecular flexibility index (Phi) is 6.66. The zero-order valence-corrected chi connectivity index (χ0v) is 19.3. The fraction of sp³-hybridized carbons (Fsp3) is 0.292. The molecule has 0 unspecified atom stereocenters. The molecular formula is C24H24FN5O3S. The van der Waals surface area contributed by atoms with Crippen molar-refractivity contribution in [3.05, 3.63) is 60.4 Å². The maximum Gasteiger partial charge on any atom is 0.234 e. The first kappa shape index (κ1) is 22.3. The minimum atomic E-state index is -0.226. The third kappa shape index (κ3) is 5.33. The van der Waals surface area contributed by atoms with Gasteiger partial charge in [-0.3, -0.25) is 4.79 Å². The van der Waals surface area contributed by atoms with E-state index in [1.54, 1.807) is 30.3 Å². The number of halogens is 1. The highest BCUT2D eigenvalue weighted by Gasteiger charge is 2.19. The van der Waals surface area contributed by atoms with Crippen LogP contribution in [-0.2, 0) is 4.79 Å². The summed E-state index contributed by atoms with van der Waals surface area (Å²) in [4.78, 5) is 16.8. The number of ether oxygens (including phenoxy) is 2. The Labute approximate surface area is 201 Å². The van der Waals surface area contributed by atoms with Crippen LogP contribution in [0.4, 0.5) is 21.6 Å². The molecule has 3 aromatic rings. The van der Waals surface area contributed by atoms with E-state index >= 15 is 0 Å². The molecule has 0 radical (unpaired) electrons. The van der Waals surface area contributed by atoms with Crippen molar-refractivity contribution in [2.45, 2.75) is 5.03 Å². The first-order valence-electron chi connectivity index (χ1n) is 11.1. The number of piperazine rings is 1. The van der Waals surface area contributed by atoms with Crippen LogP contribution in [0.15, 0.2) is 59.6 Å². The van der Waals surface area contributed by atoms with Gasteiger partial charge in [0.15, 0.2) is 17.3 Å². The van der Waals surface area contributed by atoms with Gasteiger partial charge < -0.3 is 24.6 Å². The van der Waals surface area contributed by atoms with Crippen molar-refractivity contribution in [3.8, 4) is 11.5 Å². The van der Waals surface area contributed by atoms with E-state index in [4.69, 9.17) is 9.47 Å². The van der Waals surface area contributed by atoms with Crippen LogP contribution in [-0.4, -0.2) is 61.3 Å². The molecule has 1 amide bonds. The number of carbonyl (C=O) groups is 1. The van der Waals surface area contributed by atoms with Gasteiger partial charge in [-0.1, -0.05) is 11.8 Å². The molecule has 2 aliphatic heterocycles. The average Bonchev–Trinajstić information content (AvgIpc) is 2.88. The molecule has 8 nitrogen and oxygen atoms in total. The highest BCUT2D eigenvalue weighted by atomic mass is 32.2. The van der Waals surface area contributed by atoms with Gasteiger partial charge in [-0.2, -0.15) is 0 Å². The van der Waals surface area contributed by atoms with Crippen LogP contribution < -0.4 is 24.6 Å². The van der Waals surface area contributed by atoms with Gasteiger partial charge in [0.2, 0.25) is 5.91 Å². The summed E-state index contributed by atoms with van der Waals surface area (Å²) in [5, 5.41) is 12.2. The Morgan fingerprint density at radius 1 is 0.912 bits per heavy atom. The number of amides is 1. The van der Waals surface area contributed by atoms with E-state index in [2.05, 4.69) is 25.3 Å². The standard InChI is InChI=1S/C24H24FN5O3S/c25-17-1-4-19(5-2-17)29-9-11-30(12-10-29)22-7-8-24(28-27-22)34-16-23(31)26-18-3-6-20-21(15-18)33-14-13-32-20/h1-8,15H,9-14,16H2,(H,26,31). The van der Waals surface area contributed by atoms with E-state index in [1.807, 2.05) is 12.1 Å². The third-order valence-electron chi connectivity index (χ3n) is 5.60. The number of benzene rings is 2. The second-order valence-corrected chi connectivity index (χ2v) is 8.87. The van der Waals surface area contributed by atoms with Crippen LogP contribution >= 0.6 is 11.8 Å². The molecule has 0 atom stereocenters. The van der Waals surface area contributed by atoms with Crippen molar-refractivity contribution in [3.63, 3.8) is 0 Å². The number of rotatable bonds is 6. The SMILES string of the molecule is O=C(CSc1ccc(N2CCN(c3ccc(F)cc3)CC2)nn1)Nc1ccc2c(c1)OCCO2. The van der Waals surface area contributed by atoms with Crippen LogP contribution in [0.1, 0.15) is 0 Å². The number of anilines is 3. The van der Waals surface area contributed by atoms with Crippen molar-refractivity contribution in [1.82, 2.24) is 10.2 Å². The second-order valence-electron chi connectivity index (χ2n) is 7.88. The molecule has 0 saturated carbocycles. The summed E-state index contributed by atoms with van der Waals surface area (Å²) in [6.07, 6.45) is 0. The summed E-state index contributed by atoms with van der Waals surface area (Å²) in [5.41, 5.74) is 1.68. The number of hydrogen-bond acceptors (Lipinski definition) is 8. The molecule has 34 heavy (non-hydrogen) atoms. The monoisotopic (exact) mass is 481 g/mol. The molecule has 1 fully saturated rings. The van der Waals surface area contributed by atoms with E-state index < -0.39 is 0 Å². The van der Waals surface area contributed by atoms with Gasteiger partial charge in [0.1, 0.15) is 24.1 Å². The summed E-state index contributed by atoms with van der Waals surface area (Å²) >= 11 is 1.33. The van der Waals surface area contributed by atoms with E-state index in [1.165, 1.54) is 23.9 Å². The Balaban J connectivity index is 1.09. The summed E-state index contributed by atoms with van der Waals surface area (Å²) in [6.45, 7) is 4.28. The molecule has 1 saturated heterocycles. The minimum Gasteiger partial charge on any atom is -0.486 e. The third-order valence-corrected chi connectivity index (χ3v) is 6.52. The Morgan fingerprint density at radius 2 is 1.65 bits per heavy atom. The fourth-order valence-corrected chi connectivity index (χ4v) is 4.48. The molecule has 2 aromatic carbocycles. The zero-order chi connectivity index (χ0) is 23.3. The highest BCUT2D eigenvalue weighted by molar-refractivity contribution is 7.99. The average molecular weight is 482 g/mol. The highest BCUT2D eigenvalue weighted by Crippen LogP contribution is 2.32. The zero-order valence-electron chi connectivity index (χ0n) is 18.4. The molecule has 0 bridgehead atoms. The predicted octanol–water partition coefficient (Wildman–Crippen LogP) is 3.44. The molecule has 176 valence electrons. The van der Waals surface area contributed by atoms with Crippen molar-refractivity contribution in [1.29, 1.82) is 0 Å². The maximum atomic E-state index is 13.1. The number of fused-ring (bicyclic) bond motifs is 1. The molecule has 0 spiro atoms. The number of carbonyl (C=O) groups excluding carboxylic acids is 1. The lowest BCUT2D eigenvalue weighted by molar-refractivity contribution is -0.113. The van der Waals surface area contributed by atoms with Gasteiger partial charge in [-0.05, 0) is 48.5 Å². The van der Waals surface area contributed by atoms with Crippen LogP contribution in [0.5, 0.6) is 11.5 Å². The van der Waals surface area contributed by atoms with Crippen molar-refractivity contribution < 1.29 is 18.7 Å². The van der Waals surface area contributed by atoms with Gasteiger partial charge in [-0.15, -0.1) is 10.2 Å².